The van der Waals surface area contributed by atoms with E-state index in [0.29, 0.717) is 0 Å². The first-order valence-corrected chi connectivity index (χ1v) is 6.83. The number of fused-ring (bicyclic) bond motifs is 1. The molecule has 0 bridgehead atoms. The lowest BCUT2D eigenvalue weighted by molar-refractivity contribution is -0.344. The highest BCUT2D eigenvalue weighted by Gasteiger charge is 2.19. The van der Waals surface area contributed by atoms with Gasteiger partial charge in [0.25, 0.3) is 0 Å². The molecule has 0 unspecified atom stereocenters. The molecule has 1 aromatic carbocycles. The fraction of sp³-hybridized carbons (Fsp3) is 0.400. The number of aliphatic hydroxyl groups excluding tert-OH is 1. The molecule has 0 radical (unpaired) electrons. The van der Waals surface area contributed by atoms with Crippen LogP contribution in [0.2, 0.25) is 0 Å². The van der Waals surface area contributed by atoms with Crippen LogP contribution in [0.1, 0.15) is 0 Å². The highest BCUT2D eigenvalue weighted by molar-refractivity contribution is 5.96. The Hall–Kier alpha value is -1.85. The summed E-state index contributed by atoms with van der Waals surface area (Å²) in [4.78, 5) is 8.12. The summed E-state index contributed by atoms with van der Waals surface area (Å²) < 4.78 is 0. The van der Waals surface area contributed by atoms with Crippen LogP contribution in [0.25, 0.3) is 10.9 Å². The van der Waals surface area contributed by atoms with Gasteiger partial charge in [0.05, 0.1) is 5.39 Å². The van der Waals surface area contributed by atoms with Crippen molar-refractivity contribution in [3.63, 3.8) is 0 Å². The Morgan fingerprint density at radius 1 is 1.10 bits per heavy atom. The van der Waals surface area contributed by atoms with Crippen LogP contribution in [0.3, 0.4) is 0 Å². The van der Waals surface area contributed by atoms with E-state index in [-0.39, 0.29) is 0 Å². The van der Waals surface area contributed by atoms with Crippen LogP contribution in [0.5, 0.6) is 0 Å². The number of H-pyrrole nitrogens is 1. The van der Waals surface area contributed by atoms with Crippen LogP contribution in [0.4, 0.5) is 11.4 Å². The molecular weight excluding hydrogens is 252 g/mol. The number of nitrogens with one attached hydrogen (secondary N) is 1. The summed E-state index contributed by atoms with van der Waals surface area (Å²) in [6, 6.07) is 8.19. The number of rotatable bonds is 1. The molecule has 1 aliphatic heterocycles. The summed E-state index contributed by atoms with van der Waals surface area (Å²) >= 11 is 0. The molecule has 1 aromatic heterocycles. The first kappa shape index (κ1) is 14.6. The van der Waals surface area contributed by atoms with Gasteiger partial charge in [-0.05, 0) is 25.2 Å². The average molecular weight is 275 g/mol. The summed E-state index contributed by atoms with van der Waals surface area (Å²) in [5, 5.41) is 8.11. The lowest BCUT2D eigenvalue weighted by atomic mass is 10.1. The molecule has 0 saturated carbocycles. The Morgan fingerprint density at radius 2 is 1.80 bits per heavy atom. The molecule has 4 N–H and O–H groups in total. The minimum atomic E-state index is 0.833. The zero-order valence-electron chi connectivity index (χ0n) is 12.1. The summed E-state index contributed by atoms with van der Waals surface area (Å²) in [5.41, 5.74) is 9.26. The number of hydrogen-bond acceptors (Lipinski definition) is 4. The molecule has 5 heteroatoms. The Balaban J connectivity index is 0.000000704. The van der Waals surface area contributed by atoms with E-state index in [1.165, 1.54) is 5.69 Å². The lowest BCUT2D eigenvalue weighted by Gasteiger charge is -2.33. The van der Waals surface area contributed by atoms with E-state index >= 15 is 0 Å². The second kappa shape index (κ2) is 6.54. The number of anilines is 2. The van der Waals surface area contributed by atoms with Gasteiger partial charge in [-0.15, -0.1) is 0 Å². The van der Waals surface area contributed by atoms with Gasteiger partial charge in [-0.25, -0.2) is 4.98 Å². The Kier molecular flexibility index (Phi) is 4.76. The molecule has 0 aliphatic carbocycles. The summed E-state index contributed by atoms with van der Waals surface area (Å²) in [7, 11) is 3.17. The van der Waals surface area contributed by atoms with Crippen LogP contribution in [0.15, 0.2) is 30.5 Å². The van der Waals surface area contributed by atoms with Crippen molar-refractivity contribution in [2.24, 2.45) is 0 Å². The molecule has 1 saturated heterocycles. The van der Waals surface area contributed by atoms with Gasteiger partial charge in [-0.2, -0.15) is 0 Å². The number of hydrogen-bond donors (Lipinski definition) is 2. The molecule has 0 amide bonds. The van der Waals surface area contributed by atoms with E-state index in [2.05, 4.69) is 34.0 Å². The second-order valence-corrected chi connectivity index (χ2v) is 4.92. The van der Waals surface area contributed by atoms with Crippen molar-refractivity contribution in [3.8, 4) is 0 Å². The van der Waals surface area contributed by atoms with Crippen molar-refractivity contribution in [1.82, 2.24) is 4.90 Å². The second-order valence-electron chi connectivity index (χ2n) is 4.92. The maximum absolute atomic E-state index is 7.00. The third-order valence-corrected chi connectivity index (χ3v) is 3.69. The number of likely N-dealkylation sites (N-methyl/N-ethyl adjacent to an activating group) is 1. The van der Waals surface area contributed by atoms with Crippen molar-refractivity contribution < 1.29 is 10.1 Å². The molecule has 2 aromatic rings. The van der Waals surface area contributed by atoms with Crippen molar-refractivity contribution in [3.05, 3.63) is 30.5 Å². The topological polar surface area (TPSA) is 66.9 Å². The standard InChI is InChI=1S/C14H18N4.CH4O/c1-17-7-9-18(10-8-17)13-5-4-12(15)11-3-2-6-16-14(11)13;1-2/h2-6H,7-10,15H2,1H3;2H,1H3/p+1. The molecule has 3 rings (SSSR count). The minimum Gasteiger partial charge on any atom is -0.400 e. The Labute approximate surface area is 119 Å². The number of nitrogen functional groups attached to an aromatic ring is 1. The number of aromatic nitrogens is 1. The summed E-state index contributed by atoms with van der Waals surface area (Å²) in [6.45, 7) is 4.36. The van der Waals surface area contributed by atoms with E-state index in [4.69, 9.17) is 10.8 Å². The van der Waals surface area contributed by atoms with Gasteiger partial charge < -0.3 is 20.6 Å². The van der Waals surface area contributed by atoms with Gasteiger partial charge in [0, 0.05) is 45.0 Å². The number of aromatic amines is 1. The van der Waals surface area contributed by atoms with Crippen LogP contribution in [-0.2, 0) is 0 Å². The van der Waals surface area contributed by atoms with Crippen LogP contribution in [-0.4, -0.2) is 50.3 Å². The van der Waals surface area contributed by atoms with Gasteiger partial charge >= 0.3 is 0 Å². The molecule has 20 heavy (non-hydrogen) atoms. The van der Waals surface area contributed by atoms with Crippen molar-refractivity contribution in [2.45, 2.75) is 0 Å². The normalized spacial score (nSPS) is 15.8. The van der Waals surface area contributed by atoms with Crippen molar-refractivity contribution in [1.29, 1.82) is 0 Å². The average Bonchev–Trinajstić information content (AvgIpc) is 2.51. The number of aliphatic hydroxyl groups is 1. The van der Waals surface area contributed by atoms with Crippen LogP contribution < -0.4 is 15.6 Å². The van der Waals surface area contributed by atoms with Crippen molar-refractivity contribution in [2.75, 3.05) is 51.0 Å². The van der Waals surface area contributed by atoms with Gasteiger partial charge in [-0.1, -0.05) is 0 Å². The first-order chi connectivity index (χ1) is 9.75. The van der Waals surface area contributed by atoms with Gasteiger partial charge in [0.15, 0.2) is 6.20 Å². The maximum Gasteiger partial charge on any atom is 0.236 e. The molecule has 2 heterocycles. The smallest absolute Gasteiger partial charge is 0.236 e. The highest BCUT2D eigenvalue weighted by atomic mass is 16.2. The van der Waals surface area contributed by atoms with Gasteiger partial charge in [0.2, 0.25) is 5.52 Å². The fourth-order valence-corrected chi connectivity index (χ4v) is 2.54. The van der Waals surface area contributed by atoms with Gasteiger partial charge in [-0.3, -0.25) is 0 Å². The van der Waals surface area contributed by atoms with E-state index in [1.54, 1.807) is 0 Å². The zero-order valence-corrected chi connectivity index (χ0v) is 12.1. The molecule has 1 aliphatic rings. The Morgan fingerprint density at radius 3 is 2.50 bits per heavy atom. The number of benzene rings is 1. The van der Waals surface area contributed by atoms with E-state index in [1.807, 2.05) is 18.3 Å². The molecule has 0 atom stereocenters. The first-order valence-electron chi connectivity index (χ1n) is 6.83. The SMILES string of the molecule is CN1CCN(c2ccc(N)c3ccc[nH+]c23)CC1.CO. The van der Waals surface area contributed by atoms with E-state index in [0.717, 1.165) is 49.9 Å². The molecule has 0 spiro atoms. The quantitative estimate of drug-likeness (QED) is 0.748. The Bertz CT molecular complexity index is 565. The van der Waals surface area contributed by atoms with E-state index in [9.17, 15) is 0 Å². The number of piperazine rings is 1. The molecular formula is C15H23N4O+. The monoisotopic (exact) mass is 275 g/mol. The summed E-state index contributed by atoms with van der Waals surface area (Å²) in [6.07, 6.45) is 1.96. The lowest BCUT2D eigenvalue weighted by Crippen LogP contribution is -2.44. The molecule has 5 nitrogen and oxygen atoms in total. The van der Waals surface area contributed by atoms with Crippen LogP contribution in [0, 0.1) is 0 Å². The highest BCUT2D eigenvalue weighted by Crippen LogP contribution is 2.28. The number of nitrogens with two attached hydrogens (primary N) is 1. The van der Waals surface area contributed by atoms with Gasteiger partial charge in [0.1, 0.15) is 5.69 Å². The number of pyridine rings is 1. The predicted molar refractivity (Wildman–Crippen MR) is 82.8 cm³/mol. The van der Waals surface area contributed by atoms with Crippen molar-refractivity contribution >= 4 is 22.3 Å². The fourth-order valence-electron chi connectivity index (χ4n) is 2.54. The third-order valence-electron chi connectivity index (χ3n) is 3.69. The maximum atomic E-state index is 7.00. The minimum absolute atomic E-state index is 0.833. The largest absolute Gasteiger partial charge is 0.400 e. The summed E-state index contributed by atoms with van der Waals surface area (Å²) in [5.74, 6) is 0. The zero-order chi connectivity index (χ0) is 14.5. The molecule has 1 fully saturated rings. The number of nitrogens with zero attached hydrogens (tertiary/aromatic N) is 2. The predicted octanol–water partition coefficient (Wildman–Crippen LogP) is 0.596. The van der Waals surface area contributed by atoms with E-state index < -0.39 is 0 Å². The van der Waals surface area contributed by atoms with Crippen LogP contribution >= 0.6 is 0 Å². The molecule has 108 valence electrons. The third kappa shape index (κ3) is 2.84.